The van der Waals surface area contributed by atoms with Crippen molar-refractivity contribution in [3.63, 3.8) is 0 Å². The molecule has 5 nitrogen and oxygen atoms in total. The van der Waals surface area contributed by atoms with Crippen LogP contribution in [0.2, 0.25) is 0 Å². The Labute approximate surface area is 89.8 Å². The number of carbonyl (C=O) groups is 1. The maximum Gasteiger partial charge on any atom is 0.236 e. The van der Waals surface area contributed by atoms with Gasteiger partial charge < -0.3 is 0 Å². The molecule has 0 spiro atoms. The van der Waals surface area contributed by atoms with E-state index in [4.69, 9.17) is 5.84 Å². The Hall–Kier alpha value is -0.630. The summed E-state index contributed by atoms with van der Waals surface area (Å²) in [6, 6.07) is 0.0343. The van der Waals surface area contributed by atoms with E-state index in [-0.39, 0.29) is 11.9 Å². The molecule has 0 saturated heterocycles. The minimum Gasteiger partial charge on any atom is -0.294 e. The molecule has 1 aromatic rings. The first kappa shape index (κ1) is 10.5. The van der Waals surface area contributed by atoms with Crippen LogP contribution in [0.5, 0.6) is 0 Å². The normalized spacial score (nSPS) is 12.5. The van der Waals surface area contributed by atoms with Gasteiger partial charge in [0.25, 0.3) is 0 Å². The zero-order chi connectivity index (χ0) is 9.84. The van der Waals surface area contributed by atoms with Crippen molar-refractivity contribution in [1.82, 2.24) is 15.2 Å². The quantitative estimate of drug-likeness (QED) is 0.367. The van der Waals surface area contributed by atoms with Crippen LogP contribution in [0.1, 0.15) is 19.4 Å². The maximum atomic E-state index is 10.9. The Bertz CT molecular complexity index is 298. The minimum atomic E-state index is -0.182. The highest BCUT2D eigenvalue weighted by atomic mass is 127. The predicted molar refractivity (Wildman–Crippen MR) is 56.6 cm³/mol. The highest BCUT2D eigenvalue weighted by Crippen LogP contribution is 2.11. The van der Waals surface area contributed by atoms with Crippen molar-refractivity contribution in [3.05, 3.63) is 16.0 Å². The molecule has 6 heteroatoms. The molecule has 13 heavy (non-hydrogen) atoms. The molecular weight excluding hydrogens is 283 g/mol. The summed E-state index contributed by atoms with van der Waals surface area (Å²) in [6.45, 7) is 1.92. The number of aromatic nitrogens is 2. The monoisotopic (exact) mass is 294 g/mol. The van der Waals surface area contributed by atoms with E-state index in [1.54, 1.807) is 10.9 Å². The minimum absolute atomic E-state index is 0.0343. The first-order valence-corrected chi connectivity index (χ1v) is 4.90. The van der Waals surface area contributed by atoms with Crippen molar-refractivity contribution in [2.75, 3.05) is 0 Å². The van der Waals surface area contributed by atoms with Gasteiger partial charge in [-0.2, -0.15) is 5.10 Å². The van der Waals surface area contributed by atoms with Crippen LogP contribution >= 0.6 is 22.6 Å². The summed E-state index contributed by atoms with van der Waals surface area (Å²) in [5.41, 5.74) is 2.09. The van der Waals surface area contributed by atoms with Gasteiger partial charge in [0.05, 0.1) is 22.2 Å². The standard InChI is InChI=1S/C7H11IN4O/c1-5(2-7(13)11-9)12-4-6(8)3-10-12/h3-5H,2,9H2,1H3,(H,11,13). The van der Waals surface area contributed by atoms with Gasteiger partial charge in [0.15, 0.2) is 0 Å². The molecule has 72 valence electrons. The lowest BCUT2D eigenvalue weighted by atomic mass is 10.2. The Morgan fingerprint density at radius 1 is 1.92 bits per heavy atom. The summed E-state index contributed by atoms with van der Waals surface area (Å²) in [4.78, 5) is 10.9. The Kier molecular flexibility index (Phi) is 3.67. The van der Waals surface area contributed by atoms with Crippen molar-refractivity contribution in [3.8, 4) is 0 Å². The molecule has 1 heterocycles. The fourth-order valence-corrected chi connectivity index (χ4v) is 1.39. The van der Waals surface area contributed by atoms with Crippen LogP contribution < -0.4 is 11.3 Å². The molecule has 0 aromatic carbocycles. The van der Waals surface area contributed by atoms with Crippen LogP contribution in [-0.4, -0.2) is 15.7 Å². The molecule has 0 saturated carbocycles. The summed E-state index contributed by atoms with van der Waals surface area (Å²) in [7, 11) is 0. The molecule has 0 aliphatic heterocycles. The third kappa shape index (κ3) is 2.96. The van der Waals surface area contributed by atoms with E-state index in [1.165, 1.54) is 0 Å². The fourth-order valence-electron chi connectivity index (χ4n) is 0.977. The molecule has 1 rings (SSSR count). The lowest BCUT2D eigenvalue weighted by Crippen LogP contribution is -2.31. The van der Waals surface area contributed by atoms with Crippen LogP contribution in [0, 0.1) is 3.57 Å². The maximum absolute atomic E-state index is 10.9. The molecule has 1 unspecified atom stereocenters. The van der Waals surface area contributed by atoms with Gasteiger partial charge in [0, 0.05) is 6.20 Å². The van der Waals surface area contributed by atoms with Crippen molar-refractivity contribution >= 4 is 28.5 Å². The number of carbonyl (C=O) groups excluding carboxylic acids is 1. The second-order valence-corrected chi connectivity index (χ2v) is 4.00. The largest absolute Gasteiger partial charge is 0.294 e. The summed E-state index contributed by atoms with van der Waals surface area (Å²) in [5, 5.41) is 4.09. The lowest BCUT2D eigenvalue weighted by molar-refractivity contribution is -0.121. The summed E-state index contributed by atoms with van der Waals surface area (Å²) < 4.78 is 2.80. The first-order valence-electron chi connectivity index (χ1n) is 3.82. The molecule has 1 aromatic heterocycles. The third-order valence-electron chi connectivity index (χ3n) is 1.66. The molecule has 0 fully saturated rings. The van der Waals surface area contributed by atoms with E-state index in [0.717, 1.165) is 3.57 Å². The second-order valence-electron chi connectivity index (χ2n) is 2.76. The number of hydrazine groups is 1. The molecular formula is C7H11IN4O. The van der Waals surface area contributed by atoms with Crippen molar-refractivity contribution in [2.45, 2.75) is 19.4 Å². The van der Waals surface area contributed by atoms with E-state index in [2.05, 4.69) is 33.1 Å². The van der Waals surface area contributed by atoms with E-state index in [1.807, 2.05) is 13.1 Å². The Balaban J connectivity index is 2.58. The smallest absolute Gasteiger partial charge is 0.236 e. The van der Waals surface area contributed by atoms with Gasteiger partial charge in [-0.3, -0.25) is 14.9 Å². The number of amides is 1. The number of halogens is 1. The van der Waals surface area contributed by atoms with Gasteiger partial charge in [0.1, 0.15) is 0 Å². The summed E-state index contributed by atoms with van der Waals surface area (Å²) >= 11 is 2.17. The van der Waals surface area contributed by atoms with E-state index in [0.29, 0.717) is 6.42 Å². The fraction of sp³-hybridized carbons (Fsp3) is 0.429. The topological polar surface area (TPSA) is 72.9 Å². The highest BCUT2D eigenvalue weighted by molar-refractivity contribution is 14.1. The molecule has 0 aliphatic rings. The molecule has 3 N–H and O–H groups in total. The van der Waals surface area contributed by atoms with Gasteiger partial charge in [-0.05, 0) is 29.5 Å². The third-order valence-corrected chi connectivity index (χ3v) is 2.22. The van der Waals surface area contributed by atoms with Crippen LogP contribution in [-0.2, 0) is 4.79 Å². The highest BCUT2D eigenvalue weighted by Gasteiger charge is 2.10. The van der Waals surface area contributed by atoms with Crippen molar-refractivity contribution in [2.24, 2.45) is 5.84 Å². The average Bonchev–Trinajstić information content (AvgIpc) is 2.51. The number of hydrogen-bond acceptors (Lipinski definition) is 3. The number of nitrogens with two attached hydrogens (primary N) is 1. The van der Waals surface area contributed by atoms with Crippen molar-refractivity contribution in [1.29, 1.82) is 0 Å². The zero-order valence-corrected chi connectivity index (χ0v) is 9.35. The Morgan fingerprint density at radius 2 is 2.62 bits per heavy atom. The summed E-state index contributed by atoms with van der Waals surface area (Å²) in [6.07, 6.45) is 3.97. The average molecular weight is 294 g/mol. The van der Waals surface area contributed by atoms with E-state index >= 15 is 0 Å². The van der Waals surface area contributed by atoms with Gasteiger partial charge in [-0.1, -0.05) is 0 Å². The van der Waals surface area contributed by atoms with Crippen LogP contribution in [0.3, 0.4) is 0 Å². The lowest BCUT2D eigenvalue weighted by Gasteiger charge is -2.09. The van der Waals surface area contributed by atoms with Crippen LogP contribution in [0.25, 0.3) is 0 Å². The number of rotatable bonds is 3. The number of nitrogens with zero attached hydrogens (tertiary/aromatic N) is 2. The number of nitrogens with one attached hydrogen (secondary N) is 1. The van der Waals surface area contributed by atoms with E-state index in [9.17, 15) is 4.79 Å². The zero-order valence-electron chi connectivity index (χ0n) is 7.20. The van der Waals surface area contributed by atoms with Gasteiger partial charge in [0.2, 0.25) is 5.91 Å². The predicted octanol–water partition coefficient (Wildman–Crippen LogP) is 0.429. The molecule has 0 bridgehead atoms. The van der Waals surface area contributed by atoms with Crippen LogP contribution in [0.15, 0.2) is 12.4 Å². The summed E-state index contributed by atoms with van der Waals surface area (Å²) in [5.74, 6) is 4.79. The first-order chi connectivity index (χ1) is 6.13. The van der Waals surface area contributed by atoms with Gasteiger partial charge in [-0.25, -0.2) is 5.84 Å². The Morgan fingerprint density at radius 3 is 3.08 bits per heavy atom. The van der Waals surface area contributed by atoms with E-state index < -0.39 is 0 Å². The number of hydrogen-bond donors (Lipinski definition) is 2. The molecule has 0 radical (unpaired) electrons. The molecule has 1 amide bonds. The van der Waals surface area contributed by atoms with Gasteiger partial charge >= 0.3 is 0 Å². The van der Waals surface area contributed by atoms with Crippen molar-refractivity contribution < 1.29 is 4.79 Å². The molecule has 1 atom stereocenters. The van der Waals surface area contributed by atoms with Gasteiger partial charge in [-0.15, -0.1) is 0 Å². The second kappa shape index (κ2) is 4.56. The van der Waals surface area contributed by atoms with Crippen LogP contribution in [0.4, 0.5) is 0 Å². The molecule has 0 aliphatic carbocycles. The SMILES string of the molecule is CC(CC(=O)NN)n1cc(I)cn1.